The minimum atomic E-state index is 0.523. The van der Waals surface area contributed by atoms with Gasteiger partial charge in [0.05, 0.1) is 13.1 Å². The molecule has 0 aliphatic heterocycles. The van der Waals surface area contributed by atoms with Crippen LogP contribution in [0.3, 0.4) is 0 Å². The molecule has 0 aliphatic rings. The van der Waals surface area contributed by atoms with Crippen molar-refractivity contribution in [2.45, 2.75) is 27.3 Å². The highest BCUT2D eigenvalue weighted by molar-refractivity contribution is 6.17. The summed E-state index contributed by atoms with van der Waals surface area (Å²) in [5, 5.41) is 0. The first-order chi connectivity index (χ1) is 7.51. The van der Waals surface area contributed by atoms with Gasteiger partial charge in [-0.1, -0.05) is 6.07 Å². The largest absolute Gasteiger partial charge is 0.496 e. The monoisotopic (exact) mass is 241 g/mol. The van der Waals surface area contributed by atoms with Crippen LogP contribution in [-0.2, 0) is 6.54 Å². The highest BCUT2D eigenvalue weighted by Crippen LogP contribution is 2.30. The zero-order valence-corrected chi connectivity index (χ0v) is 11.5. The zero-order valence-electron chi connectivity index (χ0n) is 10.7. The molecule has 0 N–H and O–H groups in total. The molecule has 0 aromatic heterocycles. The van der Waals surface area contributed by atoms with E-state index < -0.39 is 0 Å². The van der Waals surface area contributed by atoms with Gasteiger partial charge in [0.1, 0.15) is 5.75 Å². The van der Waals surface area contributed by atoms with Crippen LogP contribution in [0.25, 0.3) is 0 Å². The average molecular weight is 242 g/mol. The fourth-order valence-electron chi connectivity index (χ4n) is 1.89. The van der Waals surface area contributed by atoms with Crippen LogP contribution < -0.4 is 4.74 Å². The minimum absolute atomic E-state index is 0.523. The summed E-state index contributed by atoms with van der Waals surface area (Å²) in [6, 6.07) is 2.73. The summed E-state index contributed by atoms with van der Waals surface area (Å²) >= 11 is 5.81. The van der Waals surface area contributed by atoms with Gasteiger partial charge in [0.25, 0.3) is 0 Å². The van der Waals surface area contributed by atoms with Crippen molar-refractivity contribution in [3.8, 4) is 5.75 Å². The lowest BCUT2D eigenvalue weighted by atomic mass is 9.99. The molecule has 1 rings (SSSR count). The first kappa shape index (κ1) is 13.3. The van der Waals surface area contributed by atoms with E-state index >= 15 is 0 Å². The highest BCUT2D eigenvalue weighted by Gasteiger charge is 2.13. The molecule has 0 radical (unpaired) electrons. The standard InChI is InChI=1S/C13H20ClNO/c1-9-6-10(2)12(7-15(4)8-14)13(16-5)11(9)3/h6H,7-8H2,1-5H3. The molecule has 16 heavy (non-hydrogen) atoms. The number of hydrogen-bond donors (Lipinski definition) is 0. The number of benzene rings is 1. The third-order valence-corrected chi connectivity index (χ3v) is 3.36. The van der Waals surface area contributed by atoms with Gasteiger partial charge < -0.3 is 4.74 Å². The number of nitrogens with zero attached hydrogens (tertiary/aromatic N) is 1. The fraction of sp³-hybridized carbons (Fsp3) is 0.538. The fourth-order valence-corrected chi connectivity index (χ4v) is 1.97. The maximum atomic E-state index is 5.81. The quantitative estimate of drug-likeness (QED) is 0.593. The summed E-state index contributed by atoms with van der Waals surface area (Å²) in [7, 11) is 3.73. The summed E-state index contributed by atoms with van der Waals surface area (Å²) in [6.45, 7) is 7.14. The van der Waals surface area contributed by atoms with Crippen LogP contribution in [0.15, 0.2) is 6.07 Å². The van der Waals surface area contributed by atoms with Gasteiger partial charge in [0.15, 0.2) is 0 Å². The number of hydrogen-bond acceptors (Lipinski definition) is 2. The Morgan fingerprint density at radius 3 is 2.38 bits per heavy atom. The van der Waals surface area contributed by atoms with Gasteiger partial charge in [-0.15, -0.1) is 11.6 Å². The van der Waals surface area contributed by atoms with Gasteiger partial charge in [-0.2, -0.15) is 0 Å². The first-order valence-corrected chi connectivity index (χ1v) is 5.92. The molecule has 0 saturated heterocycles. The van der Waals surface area contributed by atoms with Gasteiger partial charge in [-0.3, -0.25) is 4.90 Å². The molecule has 0 bridgehead atoms. The van der Waals surface area contributed by atoms with Crippen LogP contribution in [0.5, 0.6) is 5.75 Å². The second kappa shape index (κ2) is 5.55. The van der Waals surface area contributed by atoms with Gasteiger partial charge in [-0.05, 0) is 44.5 Å². The van der Waals surface area contributed by atoms with Crippen LogP contribution in [0.1, 0.15) is 22.3 Å². The Morgan fingerprint density at radius 2 is 1.88 bits per heavy atom. The molecule has 0 spiro atoms. The molecule has 0 atom stereocenters. The summed E-state index contributed by atoms with van der Waals surface area (Å²) < 4.78 is 5.51. The van der Waals surface area contributed by atoms with Crippen molar-refractivity contribution in [3.05, 3.63) is 28.3 Å². The lowest BCUT2D eigenvalue weighted by Gasteiger charge is -2.20. The Labute approximate surface area is 103 Å². The number of halogens is 1. The van der Waals surface area contributed by atoms with Crippen LogP contribution in [-0.4, -0.2) is 25.1 Å². The minimum Gasteiger partial charge on any atom is -0.496 e. The predicted octanol–water partition coefficient (Wildman–Crippen LogP) is 3.25. The van der Waals surface area contributed by atoms with E-state index in [1.54, 1.807) is 7.11 Å². The average Bonchev–Trinajstić information content (AvgIpc) is 2.26. The third kappa shape index (κ3) is 2.69. The van der Waals surface area contributed by atoms with Gasteiger partial charge in [-0.25, -0.2) is 0 Å². The molecule has 0 heterocycles. The molecule has 0 aliphatic carbocycles. The van der Waals surface area contributed by atoms with Crippen LogP contribution in [0, 0.1) is 20.8 Å². The topological polar surface area (TPSA) is 12.5 Å². The van der Waals surface area contributed by atoms with Crippen molar-refractivity contribution in [2.24, 2.45) is 0 Å². The number of methoxy groups -OCH3 is 1. The van der Waals surface area contributed by atoms with E-state index in [4.69, 9.17) is 16.3 Å². The molecule has 0 saturated carbocycles. The first-order valence-electron chi connectivity index (χ1n) is 5.39. The predicted molar refractivity (Wildman–Crippen MR) is 69.4 cm³/mol. The summed E-state index contributed by atoms with van der Waals surface area (Å²) in [5.74, 6) is 0.995. The number of rotatable bonds is 4. The SMILES string of the molecule is COc1c(C)c(C)cc(C)c1CN(C)CCl. The summed E-state index contributed by atoms with van der Waals surface area (Å²) in [4.78, 5) is 2.06. The molecule has 0 unspecified atom stereocenters. The maximum absolute atomic E-state index is 5.81. The van der Waals surface area contributed by atoms with Crippen molar-refractivity contribution < 1.29 is 4.74 Å². The van der Waals surface area contributed by atoms with Crippen molar-refractivity contribution in [2.75, 3.05) is 20.2 Å². The van der Waals surface area contributed by atoms with E-state index in [2.05, 4.69) is 31.7 Å². The van der Waals surface area contributed by atoms with Gasteiger partial charge in [0, 0.05) is 12.1 Å². The molecule has 2 nitrogen and oxygen atoms in total. The van der Waals surface area contributed by atoms with Crippen LogP contribution >= 0.6 is 11.6 Å². The lowest BCUT2D eigenvalue weighted by molar-refractivity contribution is 0.357. The van der Waals surface area contributed by atoms with Gasteiger partial charge in [0.2, 0.25) is 0 Å². The smallest absolute Gasteiger partial charge is 0.126 e. The molecule has 1 aromatic rings. The number of alkyl halides is 1. The normalized spacial score (nSPS) is 10.9. The molecule has 3 heteroatoms. The second-order valence-corrected chi connectivity index (χ2v) is 4.52. The van der Waals surface area contributed by atoms with E-state index in [0.717, 1.165) is 12.3 Å². The van der Waals surface area contributed by atoms with E-state index in [0.29, 0.717) is 6.00 Å². The molecule has 0 fully saturated rings. The zero-order chi connectivity index (χ0) is 12.3. The molecule has 90 valence electrons. The van der Waals surface area contributed by atoms with Crippen LogP contribution in [0.2, 0.25) is 0 Å². The molecule has 1 aromatic carbocycles. The van der Waals surface area contributed by atoms with Crippen molar-refractivity contribution >= 4 is 11.6 Å². The summed E-state index contributed by atoms with van der Waals surface area (Å²) in [5.41, 5.74) is 4.98. The lowest BCUT2D eigenvalue weighted by Crippen LogP contribution is -2.17. The maximum Gasteiger partial charge on any atom is 0.126 e. The Morgan fingerprint density at radius 1 is 1.25 bits per heavy atom. The van der Waals surface area contributed by atoms with E-state index in [1.807, 2.05) is 7.05 Å². The van der Waals surface area contributed by atoms with E-state index in [-0.39, 0.29) is 0 Å². The van der Waals surface area contributed by atoms with E-state index in [1.165, 1.54) is 22.3 Å². The Balaban J connectivity index is 3.20. The molecule has 0 amide bonds. The number of aryl methyl sites for hydroxylation is 2. The number of ether oxygens (including phenoxy) is 1. The Hall–Kier alpha value is -0.730. The van der Waals surface area contributed by atoms with Gasteiger partial charge >= 0.3 is 0 Å². The Bertz CT molecular complexity index is 377. The highest BCUT2D eigenvalue weighted by atomic mass is 35.5. The van der Waals surface area contributed by atoms with E-state index in [9.17, 15) is 0 Å². The summed E-state index contributed by atoms with van der Waals surface area (Å²) in [6.07, 6.45) is 0. The van der Waals surface area contributed by atoms with Crippen LogP contribution in [0.4, 0.5) is 0 Å². The van der Waals surface area contributed by atoms with Crippen molar-refractivity contribution in [1.29, 1.82) is 0 Å². The Kier molecular flexibility index (Phi) is 4.63. The van der Waals surface area contributed by atoms with Crippen molar-refractivity contribution in [3.63, 3.8) is 0 Å². The third-order valence-electron chi connectivity index (χ3n) is 2.95. The second-order valence-electron chi connectivity index (χ2n) is 4.28. The van der Waals surface area contributed by atoms with Crippen molar-refractivity contribution in [1.82, 2.24) is 4.90 Å². The molecular formula is C13H20ClNO. The molecular weight excluding hydrogens is 222 g/mol.